The van der Waals surface area contributed by atoms with Crippen molar-refractivity contribution in [2.45, 2.75) is 26.4 Å². The summed E-state index contributed by atoms with van der Waals surface area (Å²) in [6, 6.07) is 24.1. The first-order chi connectivity index (χ1) is 19.5. The average Bonchev–Trinajstić information content (AvgIpc) is 3.43. The number of hydrogen-bond acceptors (Lipinski definition) is 7. The second kappa shape index (κ2) is 10.9. The quantitative estimate of drug-likeness (QED) is 0.336. The Bertz CT molecular complexity index is 1670. The van der Waals surface area contributed by atoms with E-state index in [0.29, 0.717) is 17.9 Å². The molecule has 0 unspecified atom stereocenters. The number of hydrogen-bond donors (Lipinski definition) is 1. The molecule has 1 saturated heterocycles. The first-order valence-corrected chi connectivity index (χ1v) is 13.6. The standard InChI is InChI=1S/C31H33N7O2/c1-21-17-24-19-27(31(39)32-28(24)18-22(21)2)29(30-33-34-35-38(30)20-23-7-5-4-6-8-23)37-15-13-36(14-16-37)25-9-11-26(40-3)12-10-25/h4-12,17-19,29H,13-16,20H2,1-3H3,(H,32,39)/t29-/m1/s1. The van der Waals surface area contributed by atoms with Gasteiger partial charge in [0.1, 0.15) is 11.8 Å². The topological polar surface area (TPSA) is 92.2 Å². The smallest absolute Gasteiger partial charge is 0.253 e. The minimum atomic E-state index is -0.397. The van der Waals surface area contributed by atoms with Crippen LogP contribution in [0.4, 0.5) is 5.69 Å². The molecule has 6 rings (SSSR count). The maximum Gasteiger partial charge on any atom is 0.253 e. The van der Waals surface area contributed by atoms with Gasteiger partial charge in [0.15, 0.2) is 5.82 Å². The molecule has 1 fully saturated rings. The highest BCUT2D eigenvalue weighted by Gasteiger charge is 2.33. The van der Waals surface area contributed by atoms with Crippen LogP contribution in [0.5, 0.6) is 5.75 Å². The molecule has 0 spiro atoms. The maximum atomic E-state index is 13.6. The zero-order valence-corrected chi connectivity index (χ0v) is 23.0. The maximum absolute atomic E-state index is 13.6. The molecule has 204 valence electrons. The molecule has 0 aliphatic carbocycles. The summed E-state index contributed by atoms with van der Waals surface area (Å²) >= 11 is 0. The summed E-state index contributed by atoms with van der Waals surface area (Å²) in [5.41, 5.74) is 5.95. The number of rotatable bonds is 7. The fourth-order valence-corrected chi connectivity index (χ4v) is 5.50. The predicted octanol–water partition coefficient (Wildman–Crippen LogP) is 4.10. The normalized spacial score (nSPS) is 14.9. The summed E-state index contributed by atoms with van der Waals surface area (Å²) in [6.07, 6.45) is 0. The van der Waals surface area contributed by atoms with E-state index in [1.807, 2.05) is 47.1 Å². The third-order valence-corrected chi connectivity index (χ3v) is 7.88. The van der Waals surface area contributed by atoms with Crippen LogP contribution in [0.15, 0.2) is 77.6 Å². The summed E-state index contributed by atoms with van der Waals surface area (Å²) in [5, 5.41) is 13.9. The van der Waals surface area contributed by atoms with Crippen LogP contribution in [0.25, 0.3) is 10.9 Å². The van der Waals surface area contributed by atoms with Crippen LogP contribution in [-0.4, -0.2) is 63.4 Å². The Hall–Kier alpha value is -4.50. The number of ether oxygens (including phenoxy) is 1. The molecule has 5 aromatic rings. The highest BCUT2D eigenvalue weighted by Crippen LogP contribution is 2.30. The van der Waals surface area contributed by atoms with Gasteiger partial charge in [-0.05, 0) is 88.8 Å². The molecular formula is C31H33N7O2. The number of aromatic nitrogens is 5. The Morgan fingerprint density at radius 1 is 0.925 bits per heavy atom. The van der Waals surface area contributed by atoms with E-state index in [0.717, 1.165) is 59.6 Å². The van der Waals surface area contributed by atoms with Crippen molar-refractivity contribution in [3.63, 3.8) is 0 Å². The molecule has 0 amide bonds. The lowest BCUT2D eigenvalue weighted by Gasteiger charge is -2.39. The molecule has 2 aromatic heterocycles. The molecule has 3 heterocycles. The lowest BCUT2D eigenvalue weighted by atomic mass is 10.00. The van der Waals surface area contributed by atoms with Gasteiger partial charge in [-0.2, -0.15) is 0 Å². The van der Waals surface area contributed by atoms with E-state index in [4.69, 9.17) is 4.74 Å². The first-order valence-electron chi connectivity index (χ1n) is 13.6. The Morgan fingerprint density at radius 3 is 2.38 bits per heavy atom. The zero-order valence-electron chi connectivity index (χ0n) is 23.0. The van der Waals surface area contributed by atoms with Gasteiger partial charge in [-0.25, -0.2) is 4.68 Å². The number of anilines is 1. The number of benzene rings is 3. The van der Waals surface area contributed by atoms with Crippen LogP contribution in [0.1, 0.15) is 34.1 Å². The van der Waals surface area contributed by atoms with E-state index in [2.05, 4.69) is 74.5 Å². The van der Waals surface area contributed by atoms with E-state index in [-0.39, 0.29) is 5.56 Å². The average molecular weight is 536 g/mol. The van der Waals surface area contributed by atoms with Crippen LogP contribution in [0.2, 0.25) is 0 Å². The number of nitrogens with zero attached hydrogens (tertiary/aromatic N) is 6. The highest BCUT2D eigenvalue weighted by atomic mass is 16.5. The van der Waals surface area contributed by atoms with Crippen LogP contribution in [0, 0.1) is 13.8 Å². The molecule has 1 aliphatic heterocycles. The number of aromatic amines is 1. The minimum Gasteiger partial charge on any atom is -0.497 e. The fourth-order valence-electron chi connectivity index (χ4n) is 5.50. The number of H-pyrrole nitrogens is 1. The van der Waals surface area contributed by atoms with E-state index in [1.165, 1.54) is 5.56 Å². The monoisotopic (exact) mass is 535 g/mol. The van der Waals surface area contributed by atoms with E-state index >= 15 is 0 Å². The van der Waals surface area contributed by atoms with Crippen molar-refractivity contribution in [2.24, 2.45) is 0 Å². The van der Waals surface area contributed by atoms with E-state index in [9.17, 15) is 4.79 Å². The van der Waals surface area contributed by atoms with Gasteiger partial charge < -0.3 is 14.6 Å². The van der Waals surface area contributed by atoms with E-state index in [1.54, 1.807) is 7.11 Å². The van der Waals surface area contributed by atoms with Crippen LogP contribution >= 0.6 is 0 Å². The molecule has 9 heteroatoms. The molecule has 3 aromatic carbocycles. The van der Waals surface area contributed by atoms with Crippen molar-refractivity contribution >= 4 is 16.6 Å². The molecule has 1 aliphatic rings. The SMILES string of the molecule is COc1ccc(N2CCN([C@H](c3cc4cc(C)c(C)cc4[nH]c3=O)c3nnnn3Cc3ccccc3)CC2)cc1. The van der Waals surface area contributed by atoms with Crippen molar-refractivity contribution in [1.29, 1.82) is 0 Å². The number of piperazine rings is 1. The number of aryl methyl sites for hydroxylation is 2. The molecule has 0 radical (unpaired) electrons. The molecule has 40 heavy (non-hydrogen) atoms. The zero-order chi connectivity index (χ0) is 27.6. The number of methoxy groups -OCH3 is 1. The molecular weight excluding hydrogens is 502 g/mol. The van der Waals surface area contributed by atoms with Gasteiger partial charge in [0, 0.05) is 42.9 Å². The Labute approximate surface area is 233 Å². The van der Waals surface area contributed by atoms with Crippen molar-refractivity contribution in [3.8, 4) is 5.75 Å². The molecule has 1 N–H and O–H groups in total. The summed E-state index contributed by atoms with van der Waals surface area (Å²) < 4.78 is 7.14. The lowest BCUT2D eigenvalue weighted by molar-refractivity contribution is 0.200. The van der Waals surface area contributed by atoms with Gasteiger partial charge in [-0.1, -0.05) is 30.3 Å². The Morgan fingerprint density at radius 2 is 1.65 bits per heavy atom. The number of tetrazole rings is 1. The largest absolute Gasteiger partial charge is 0.497 e. The Balaban J connectivity index is 1.37. The number of nitrogens with one attached hydrogen (secondary N) is 1. The fraction of sp³-hybridized carbons (Fsp3) is 0.290. The van der Waals surface area contributed by atoms with Gasteiger partial charge >= 0.3 is 0 Å². The van der Waals surface area contributed by atoms with Gasteiger partial charge in [-0.3, -0.25) is 9.69 Å². The van der Waals surface area contributed by atoms with Crippen LogP contribution in [0.3, 0.4) is 0 Å². The molecule has 9 nitrogen and oxygen atoms in total. The highest BCUT2D eigenvalue weighted by molar-refractivity contribution is 5.81. The van der Waals surface area contributed by atoms with Gasteiger partial charge in [0.05, 0.1) is 13.7 Å². The van der Waals surface area contributed by atoms with Gasteiger partial charge in [-0.15, -0.1) is 5.10 Å². The third kappa shape index (κ3) is 5.08. The Kier molecular flexibility index (Phi) is 7.04. The summed E-state index contributed by atoms with van der Waals surface area (Å²) in [4.78, 5) is 21.5. The minimum absolute atomic E-state index is 0.118. The predicted molar refractivity (Wildman–Crippen MR) is 156 cm³/mol. The lowest BCUT2D eigenvalue weighted by Crippen LogP contribution is -2.49. The van der Waals surface area contributed by atoms with Crippen LogP contribution < -0.4 is 15.2 Å². The van der Waals surface area contributed by atoms with Crippen molar-refractivity contribution in [3.05, 3.63) is 111 Å². The molecule has 0 saturated carbocycles. The summed E-state index contributed by atoms with van der Waals surface area (Å²) in [7, 11) is 1.68. The number of pyridine rings is 1. The van der Waals surface area contributed by atoms with Crippen molar-refractivity contribution in [1.82, 2.24) is 30.1 Å². The van der Waals surface area contributed by atoms with Gasteiger partial charge in [0.2, 0.25) is 0 Å². The molecule has 1 atom stereocenters. The molecule has 0 bridgehead atoms. The van der Waals surface area contributed by atoms with E-state index < -0.39 is 6.04 Å². The van der Waals surface area contributed by atoms with Crippen molar-refractivity contribution < 1.29 is 4.74 Å². The van der Waals surface area contributed by atoms with Crippen molar-refractivity contribution in [2.75, 3.05) is 38.2 Å². The summed E-state index contributed by atoms with van der Waals surface area (Å²) in [5.74, 6) is 1.50. The second-order valence-corrected chi connectivity index (χ2v) is 10.4. The number of fused-ring (bicyclic) bond motifs is 1. The second-order valence-electron chi connectivity index (χ2n) is 10.4. The van der Waals surface area contributed by atoms with Crippen LogP contribution in [-0.2, 0) is 6.54 Å². The third-order valence-electron chi connectivity index (χ3n) is 7.88. The summed E-state index contributed by atoms with van der Waals surface area (Å²) in [6.45, 7) is 7.80. The first kappa shape index (κ1) is 25.8. The van der Waals surface area contributed by atoms with Gasteiger partial charge in [0.25, 0.3) is 5.56 Å².